The van der Waals surface area contributed by atoms with E-state index in [1.165, 1.54) is 6.07 Å². The van der Waals surface area contributed by atoms with Crippen LogP contribution in [0, 0.1) is 13.0 Å². The van der Waals surface area contributed by atoms with Crippen molar-refractivity contribution in [2.75, 3.05) is 0 Å². The monoisotopic (exact) mass is 523 g/mol. The summed E-state index contributed by atoms with van der Waals surface area (Å²) in [5.41, 5.74) is 3.70. The predicted molar refractivity (Wildman–Crippen MR) is 94.8 cm³/mol. The molecule has 0 aliphatic carbocycles. The van der Waals surface area contributed by atoms with Gasteiger partial charge in [-0.25, -0.2) is 9.78 Å². The van der Waals surface area contributed by atoms with E-state index in [2.05, 4.69) is 16.0 Å². The van der Waals surface area contributed by atoms with Crippen LogP contribution in [-0.4, -0.2) is 25.6 Å². The molecule has 132 valence electrons. The Morgan fingerprint density at radius 2 is 2.00 bits per heavy atom. The number of carboxylic acid groups (broad SMARTS) is 1. The second kappa shape index (κ2) is 7.22. The van der Waals surface area contributed by atoms with Crippen LogP contribution in [-0.2, 0) is 21.1 Å². The van der Waals surface area contributed by atoms with Gasteiger partial charge in [-0.15, -0.1) is 23.8 Å². The molecule has 4 rings (SSSR count). The third-order valence-corrected chi connectivity index (χ3v) is 3.99. The summed E-state index contributed by atoms with van der Waals surface area (Å²) in [7, 11) is 0. The van der Waals surface area contributed by atoms with Crippen molar-refractivity contribution >= 4 is 16.9 Å². The second-order valence-corrected chi connectivity index (χ2v) is 5.77. The molecule has 1 aromatic carbocycles. The minimum absolute atomic E-state index is 0. The fraction of sp³-hybridized carbons (Fsp3) is 0.0500. The summed E-state index contributed by atoms with van der Waals surface area (Å²) in [6.45, 7) is 2.02. The first-order valence-electron chi connectivity index (χ1n) is 7.79. The normalized spacial score (nSPS) is 10.5. The summed E-state index contributed by atoms with van der Waals surface area (Å²) in [5.74, 6) is -0.507. The molecule has 0 aliphatic rings. The summed E-state index contributed by atoms with van der Waals surface area (Å²) in [5, 5.41) is 10.2. The average molecular weight is 523 g/mol. The Bertz CT molecular complexity index is 1110. The molecule has 3 heterocycles. The topological polar surface area (TPSA) is 68.0 Å². The summed E-state index contributed by atoms with van der Waals surface area (Å²) >= 11 is 0. The minimum Gasteiger partial charge on any atom is -0.477 e. The first-order valence-corrected chi connectivity index (χ1v) is 7.79. The maximum absolute atomic E-state index is 11.2. The third-order valence-electron chi connectivity index (χ3n) is 3.99. The van der Waals surface area contributed by atoms with Crippen molar-refractivity contribution in [2.45, 2.75) is 6.92 Å². The van der Waals surface area contributed by atoms with Gasteiger partial charge in [0.2, 0.25) is 0 Å². The zero-order valence-corrected chi connectivity index (χ0v) is 16.1. The summed E-state index contributed by atoms with van der Waals surface area (Å²) in [4.78, 5) is 19.8. The van der Waals surface area contributed by atoms with E-state index in [4.69, 9.17) is 5.11 Å². The fourth-order valence-corrected chi connectivity index (χ4v) is 2.76. The van der Waals surface area contributed by atoms with Gasteiger partial charge in [0.15, 0.2) is 5.69 Å². The van der Waals surface area contributed by atoms with Crippen molar-refractivity contribution in [3.8, 4) is 17.1 Å². The van der Waals surface area contributed by atoms with Gasteiger partial charge in [0.05, 0.1) is 0 Å². The van der Waals surface area contributed by atoms with E-state index in [0.717, 1.165) is 27.7 Å². The molecule has 0 fully saturated rings. The molecule has 0 atom stereocenters. The Morgan fingerprint density at radius 1 is 1.15 bits per heavy atom. The molecule has 0 bridgehead atoms. The van der Waals surface area contributed by atoms with Gasteiger partial charge >= 0.3 is 5.97 Å². The van der Waals surface area contributed by atoms with Crippen LogP contribution in [0.1, 0.15) is 16.1 Å². The van der Waals surface area contributed by atoms with Crippen molar-refractivity contribution in [1.29, 1.82) is 0 Å². The quantitative estimate of drug-likeness (QED) is 0.414. The third kappa shape index (κ3) is 3.31. The van der Waals surface area contributed by atoms with Crippen molar-refractivity contribution in [3.63, 3.8) is 0 Å². The van der Waals surface area contributed by atoms with E-state index in [-0.39, 0.29) is 26.8 Å². The van der Waals surface area contributed by atoms with E-state index in [9.17, 15) is 4.79 Å². The standard InChI is InChI=1S/C20H14N3O2.Pt/c1-13-7-9-21-17(11-13)15-6-5-14-8-10-23(18(14)12-15)19-4-2-3-16(22-19)20(24)25;/h2-11H,1H3,(H,24,25);/q-1;. The minimum atomic E-state index is -1.05. The summed E-state index contributed by atoms with van der Waals surface area (Å²) in [6, 6.07) is 18.2. The van der Waals surface area contributed by atoms with Gasteiger partial charge in [0, 0.05) is 33.5 Å². The molecule has 0 saturated heterocycles. The first kappa shape index (κ1) is 18.0. The molecule has 0 radical (unpaired) electrons. The number of hydrogen-bond acceptors (Lipinski definition) is 3. The molecule has 6 heteroatoms. The number of nitrogens with zero attached hydrogens (tertiary/aromatic N) is 3. The zero-order chi connectivity index (χ0) is 17.4. The maximum atomic E-state index is 11.2. The predicted octanol–water partition coefficient (Wildman–Crippen LogP) is 3.89. The molecule has 26 heavy (non-hydrogen) atoms. The first-order chi connectivity index (χ1) is 12.1. The van der Waals surface area contributed by atoms with Crippen LogP contribution in [0.3, 0.4) is 0 Å². The van der Waals surface area contributed by atoms with E-state index < -0.39 is 5.97 Å². The van der Waals surface area contributed by atoms with Crippen molar-refractivity contribution in [2.24, 2.45) is 0 Å². The Balaban J connectivity index is 0.00000196. The molecule has 5 nitrogen and oxygen atoms in total. The van der Waals surface area contributed by atoms with Crippen LogP contribution < -0.4 is 0 Å². The molecule has 0 saturated carbocycles. The van der Waals surface area contributed by atoms with Crippen LogP contribution in [0.15, 0.2) is 60.9 Å². The number of rotatable bonds is 3. The van der Waals surface area contributed by atoms with Crippen LogP contribution in [0.5, 0.6) is 0 Å². The summed E-state index contributed by atoms with van der Waals surface area (Å²) < 4.78 is 1.83. The van der Waals surface area contributed by atoms with Crippen LogP contribution in [0.4, 0.5) is 0 Å². The van der Waals surface area contributed by atoms with Gasteiger partial charge in [-0.2, -0.15) is 0 Å². The van der Waals surface area contributed by atoms with Gasteiger partial charge in [0.1, 0.15) is 5.82 Å². The van der Waals surface area contributed by atoms with Crippen molar-refractivity contribution in [3.05, 3.63) is 78.2 Å². The smallest absolute Gasteiger partial charge is 0.354 e. The number of aromatic carboxylic acids is 1. The molecule has 0 unspecified atom stereocenters. The Kier molecular flexibility index (Phi) is 5.01. The number of carboxylic acids is 1. The van der Waals surface area contributed by atoms with E-state index in [1.54, 1.807) is 18.3 Å². The molecule has 3 aromatic heterocycles. The second-order valence-electron chi connectivity index (χ2n) is 5.77. The van der Waals surface area contributed by atoms with Gasteiger partial charge in [-0.3, -0.25) is 0 Å². The molecule has 0 amide bonds. The van der Waals surface area contributed by atoms with Crippen LogP contribution in [0.2, 0.25) is 0 Å². The Labute approximate surface area is 164 Å². The van der Waals surface area contributed by atoms with Crippen molar-refractivity contribution < 1.29 is 31.0 Å². The SMILES string of the molecule is Cc1ccnc(-c2[c-]c3c(cc2)ccn3-c2cccc(C(=O)O)n2)c1.[Pt]. The fourth-order valence-electron chi connectivity index (χ4n) is 2.76. The molecule has 0 aliphatic heterocycles. The molecule has 1 N–H and O–H groups in total. The van der Waals surface area contributed by atoms with E-state index in [1.807, 2.05) is 48.0 Å². The Hall–Kier alpha value is -2.78. The molecule has 4 aromatic rings. The maximum Gasteiger partial charge on any atom is 0.354 e. The molecular formula is C20H14N3O2Pt-. The molecular weight excluding hydrogens is 509 g/mol. The van der Waals surface area contributed by atoms with Crippen LogP contribution >= 0.6 is 0 Å². The number of hydrogen-bond donors (Lipinski definition) is 1. The largest absolute Gasteiger partial charge is 0.477 e. The average Bonchev–Trinajstić information content (AvgIpc) is 3.05. The van der Waals surface area contributed by atoms with E-state index >= 15 is 0 Å². The number of carbonyl (C=O) groups is 1. The Morgan fingerprint density at radius 3 is 2.77 bits per heavy atom. The number of pyridine rings is 2. The van der Waals surface area contributed by atoms with Gasteiger partial charge in [-0.05, 0) is 36.3 Å². The summed E-state index contributed by atoms with van der Waals surface area (Å²) in [6.07, 6.45) is 3.64. The van der Waals surface area contributed by atoms with E-state index in [0.29, 0.717) is 5.82 Å². The molecule has 0 spiro atoms. The van der Waals surface area contributed by atoms with Gasteiger partial charge < -0.3 is 14.7 Å². The number of fused-ring (bicyclic) bond motifs is 1. The number of benzene rings is 1. The number of aryl methyl sites for hydroxylation is 1. The van der Waals surface area contributed by atoms with Crippen molar-refractivity contribution in [1.82, 2.24) is 14.5 Å². The van der Waals surface area contributed by atoms with Gasteiger partial charge in [-0.1, -0.05) is 29.1 Å². The number of aromatic nitrogens is 3. The zero-order valence-electron chi connectivity index (χ0n) is 13.8. The van der Waals surface area contributed by atoms with Gasteiger partial charge in [0.25, 0.3) is 0 Å². The van der Waals surface area contributed by atoms with Crippen LogP contribution in [0.25, 0.3) is 28.0 Å².